The van der Waals surface area contributed by atoms with Crippen LogP contribution in [0.1, 0.15) is 10.4 Å². The highest BCUT2D eigenvalue weighted by atomic mass is 79.9. The van der Waals surface area contributed by atoms with E-state index in [1.54, 1.807) is 18.4 Å². The SMILES string of the molecule is COc1ccc(Br)c2c(Cl)nc(-c3cc(C)c(C)s3)nc12. The van der Waals surface area contributed by atoms with Gasteiger partial charge in [-0.25, -0.2) is 9.97 Å². The maximum absolute atomic E-state index is 6.36. The molecule has 2 heterocycles. The van der Waals surface area contributed by atoms with E-state index in [2.05, 4.69) is 45.8 Å². The molecule has 0 radical (unpaired) electrons. The summed E-state index contributed by atoms with van der Waals surface area (Å²) >= 11 is 11.5. The lowest BCUT2D eigenvalue weighted by Crippen LogP contribution is -1.94. The molecule has 3 nitrogen and oxygen atoms in total. The number of aromatic nitrogens is 2. The molecule has 0 bridgehead atoms. The van der Waals surface area contributed by atoms with Gasteiger partial charge in [-0.1, -0.05) is 11.6 Å². The van der Waals surface area contributed by atoms with Crippen LogP contribution in [0.3, 0.4) is 0 Å². The largest absolute Gasteiger partial charge is 0.494 e. The average molecular weight is 384 g/mol. The fourth-order valence-corrected chi connectivity index (χ4v) is 3.95. The Bertz CT molecular complexity index is 828. The van der Waals surface area contributed by atoms with Crippen molar-refractivity contribution in [1.82, 2.24) is 9.97 Å². The second-order valence-electron chi connectivity index (χ2n) is 4.66. The molecule has 3 aromatic rings. The molecular weight excluding hydrogens is 372 g/mol. The standard InChI is InChI=1S/C15H12BrClN2OS/c1-7-6-11(21-8(7)2)15-18-13-10(20-3)5-4-9(16)12(13)14(17)19-15/h4-6H,1-3H3. The van der Waals surface area contributed by atoms with Crippen molar-refractivity contribution in [2.24, 2.45) is 0 Å². The van der Waals surface area contributed by atoms with Gasteiger partial charge >= 0.3 is 0 Å². The van der Waals surface area contributed by atoms with E-state index in [9.17, 15) is 0 Å². The molecule has 0 saturated heterocycles. The maximum atomic E-state index is 6.36. The van der Waals surface area contributed by atoms with Gasteiger partial charge in [0.05, 0.1) is 17.4 Å². The van der Waals surface area contributed by atoms with Gasteiger partial charge in [0.2, 0.25) is 0 Å². The number of fused-ring (bicyclic) bond motifs is 1. The molecule has 21 heavy (non-hydrogen) atoms. The number of methoxy groups -OCH3 is 1. The Labute approximate surface area is 140 Å². The third kappa shape index (κ3) is 2.54. The molecule has 0 fully saturated rings. The lowest BCUT2D eigenvalue weighted by atomic mass is 10.2. The van der Waals surface area contributed by atoms with Crippen LogP contribution in [0, 0.1) is 13.8 Å². The number of thiophene rings is 1. The zero-order chi connectivity index (χ0) is 15.1. The minimum absolute atomic E-state index is 0.421. The Balaban J connectivity index is 2.31. The summed E-state index contributed by atoms with van der Waals surface area (Å²) in [6.07, 6.45) is 0. The third-order valence-electron chi connectivity index (χ3n) is 3.32. The van der Waals surface area contributed by atoms with Crippen LogP contribution in [0.4, 0.5) is 0 Å². The Hall–Kier alpha value is -1.17. The molecule has 3 rings (SSSR count). The Kier molecular flexibility index (Phi) is 3.90. The smallest absolute Gasteiger partial charge is 0.171 e. The molecule has 2 aromatic heterocycles. The minimum atomic E-state index is 0.421. The number of hydrogen-bond acceptors (Lipinski definition) is 4. The highest BCUT2D eigenvalue weighted by Gasteiger charge is 2.16. The summed E-state index contributed by atoms with van der Waals surface area (Å²) in [5.74, 6) is 1.31. The lowest BCUT2D eigenvalue weighted by molar-refractivity contribution is 0.419. The zero-order valence-corrected chi connectivity index (χ0v) is 14.9. The zero-order valence-electron chi connectivity index (χ0n) is 11.7. The predicted octanol–water partition coefficient (Wildman–Crippen LogP) is 5.40. The molecule has 0 aliphatic carbocycles. The molecule has 0 N–H and O–H groups in total. The molecule has 0 saturated carbocycles. The highest BCUT2D eigenvalue weighted by molar-refractivity contribution is 9.10. The van der Waals surface area contributed by atoms with E-state index < -0.39 is 0 Å². The summed E-state index contributed by atoms with van der Waals surface area (Å²) in [6.45, 7) is 4.17. The van der Waals surface area contributed by atoms with Crippen LogP contribution < -0.4 is 4.74 Å². The fourth-order valence-electron chi connectivity index (χ4n) is 2.09. The lowest BCUT2D eigenvalue weighted by Gasteiger charge is -2.09. The first-order chi connectivity index (χ1) is 10.0. The molecule has 0 unspecified atom stereocenters. The van der Waals surface area contributed by atoms with Crippen LogP contribution in [0.25, 0.3) is 21.6 Å². The number of nitrogens with zero attached hydrogens (tertiary/aromatic N) is 2. The maximum Gasteiger partial charge on any atom is 0.171 e. The van der Waals surface area contributed by atoms with E-state index in [1.165, 1.54) is 10.4 Å². The first-order valence-electron chi connectivity index (χ1n) is 6.28. The van der Waals surface area contributed by atoms with Crippen LogP contribution in [0.2, 0.25) is 5.15 Å². The number of aryl methyl sites for hydroxylation is 2. The van der Waals surface area contributed by atoms with Gasteiger partial charge in [-0.05, 0) is 53.5 Å². The fraction of sp³-hybridized carbons (Fsp3) is 0.200. The van der Waals surface area contributed by atoms with Crippen molar-refractivity contribution >= 4 is 49.8 Å². The first kappa shape index (κ1) is 14.8. The van der Waals surface area contributed by atoms with Gasteiger partial charge in [0, 0.05) is 9.35 Å². The summed E-state index contributed by atoms with van der Waals surface area (Å²) in [7, 11) is 1.62. The van der Waals surface area contributed by atoms with Crippen molar-refractivity contribution in [2.45, 2.75) is 13.8 Å². The number of rotatable bonds is 2. The Morgan fingerprint density at radius 1 is 1.24 bits per heavy atom. The minimum Gasteiger partial charge on any atom is -0.494 e. The number of ether oxygens (including phenoxy) is 1. The summed E-state index contributed by atoms with van der Waals surface area (Å²) in [6, 6.07) is 5.84. The monoisotopic (exact) mass is 382 g/mol. The van der Waals surface area contributed by atoms with E-state index in [4.69, 9.17) is 16.3 Å². The Morgan fingerprint density at radius 3 is 2.62 bits per heavy atom. The van der Waals surface area contributed by atoms with E-state index >= 15 is 0 Å². The van der Waals surface area contributed by atoms with Crippen molar-refractivity contribution in [3.63, 3.8) is 0 Å². The van der Waals surface area contributed by atoms with Gasteiger partial charge in [-0.15, -0.1) is 11.3 Å². The van der Waals surface area contributed by atoms with Crippen LogP contribution in [0.15, 0.2) is 22.7 Å². The Morgan fingerprint density at radius 2 is 2.00 bits per heavy atom. The third-order valence-corrected chi connectivity index (χ3v) is 5.41. The van der Waals surface area contributed by atoms with E-state index in [1.807, 2.05) is 12.1 Å². The van der Waals surface area contributed by atoms with Crippen molar-refractivity contribution < 1.29 is 4.74 Å². The van der Waals surface area contributed by atoms with Crippen LogP contribution in [-0.2, 0) is 0 Å². The molecule has 0 aliphatic heterocycles. The topological polar surface area (TPSA) is 35.0 Å². The summed E-state index contributed by atoms with van der Waals surface area (Å²) < 4.78 is 6.25. The van der Waals surface area contributed by atoms with Crippen LogP contribution in [-0.4, -0.2) is 17.1 Å². The predicted molar refractivity (Wildman–Crippen MR) is 91.6 cm³/mol. The van der Waals surface area contributed by atoms with Gasteiger partial charge < -0.3 is 4.74 Å². The van der Waals surface area contributed by atoms with Crippen LogP contribution in [0.5, 0.6) is 5.75 Å². The normalized spacial score (nSPS) is 11.1. The molecule has 108 valence electrons. The number of halogens is 2. The van der Waals surface area contributed by atoms with Crippen molar-refractivity contribution in [1.29, 1.82) is 0 Å². The number of hydrogen-bond donors (Lipinski definition) is 0. The molecule has 0 spiro atoms. The van der Waals surface area contributed by atoms with E-state index in [0.717, 1.165) is 14.7 Å². The van der Waals surface area contributed by atoms with Gasteiger partial charge in [0.1, 0.15) is 16.4 Å². The van der Waals surface area contributed by atoms with Crippen molar-refractivity contribution in [3.05, 3.63) is 38.3 Å². The quantitative estimate of drug-likeness (QED) is 0.556. The summed E-state index contributed by atoms with van der Waals surface area (Å²) in [5, 5.41) is 1.19. The van der Waals surface area contributed by atoms with Gasteiger partial charge in [-0.2, -0.15) is 0 Å². The van der Waals surface area contributed by atoms with Crippen molar-refractivity contribution in [3.8, 4) is 16.5 Å². The van der Waals surface area contributed by atoms with Crippen LogP contribution >= 0.6 is 38.9 Å². The van der Waals surface area contributed by atoms with Crippen molar-refractivity contribution in [2.75, 3.05) is 7.11 Å². The molecule has 1 aromatic carbocycles. The van der Waals surface area contributed by atoms with Gasteiger partial charge in [0.25, 0.3) is 0 Å². The van der Waals surface area contributed by atoms with E-state index in [0.29, 0.717) is 22.2 Å². The second-order valence-corrected chi connectivity index (χ2v) is 7.13. The van der Waals surface area contributed by atoms with E-state index in [-0.39, 0.29) is 0 Å². The highest BCUT2D eigenvalue weighted by Crippen LogP contribution is 2.37. The second kappa shape index (κ2) is 5.55. The average Bonchev–Trinajstić information content (AvgIpc) is 2.78. The molecule has 0 aliphatic rings. The van der Waals surface area contributed by atoms with Gasteiger partial charge in [0.15, 0.2) is 5.82 Å². The molecular formula is C15H12BrClN2OS. The summed E-state index contributed by atoms with van der Waals surface area (Å²) in [4.78, 5) is 11.4. The number of benzene rings is 1. The first-order valence-corrected chi connectivity index (χ1v) is 8.27. The summed E-state index contributed by atoms with van der Waals surface area (Å²) in [5.41, 5.74) is 1.95. The molecule has 0 atom stereocenters. The molecule has 0 amide bonds. The molecule has 6 heteroatoms. The van der Waals surface area contributed by atoms with Gasteiger partial charge in [-0.3, -0.25) is 0 Å².